The van der Waals surface area contributed by atoms with Gasteiger partial charge in [-0.15, -0.1) is 0 Å². The molecule has 0 saturated carbocycles. The Morgan fingerprint density at radius 2 is 2.14 bits per heavy atom. The zero-order valence-electron chi connectivity index (χ0n) is 12.5. The number of fused-ring (bicyclic) bond motifs is 1. The molecule has 7 heteroatoms. The summed E-state index contributed by atoms with van der Waals surface area (Å²) in [5, 5.41) is 21.8. The van der Waals surface area contributed by atoms with Gasteiger partial charge < -0.3 is 14.4 Å². The number of aliphatic hydroxyl groups excluding tert-OH is 1. The molecule has 1 heterocycles. The number of hydrogen-bond acceptors (Lipinski definition) is 5. The molecular weight excluding hydrogens is 288 g/mol. The molecule has 118 valence electrons. The second-order valence-electron chi connectivity index (χ2n) is 5.13. The van der Waals surface area contributed by atoms with Crippen molar-refractivity contribution >= 4 is 16.9 Å². The number of aliphatic hydroxyl groups is 1. The number of ether oxygens (including phenoxy) is 1. The van der Waals surface area contributed by atoms with Crippen LogP contribution in [0.5, 0.6) is 0 Å². The van der Waals surface area contributed by atoms with Crippen LogP contribution in [0.2, 0.25) is 0 Å². The zero-order chi connectivity index (χ0) is 16.3. The zero-order valence-corrected chi connectivity index (χ0v) is 12.5. The molecule has 1 atom stereocenters. The van der Waals surface area contributed by atoms with Crippen LogP contribution in [0.3, 0.4) is 0 Å². The van der Waals surface area contributed by atoms with E-state index in [-0.39, 0.29) is 13.0 Å². The molecule has 0 bridgehead atoms. The van der Waals surface area contributed by atoms with Gasteiger partial charge in [0.05, 0.1) is 13.0 Å². The summed E-state index contributed by atoms with van der Waals surface area (Å²) in [4.78, 5) is 22.8. The fourth-order valence-electron chi connectivity index (χ4n) is 2.54. The second kappa shape index (κ2) is 6.15. The van der Waals surface area contributed by atoms with E-state index >= 15 is 0 Å². The van der Waals surface area contributed by atoms with Gasteiger partial charge in [-0.3, -0.25) is 10.1 Å². The molecule has 0 amide bonds. The number of aryl methyl sites for hydroxylation is 1. The van der Waals surface area contributed by atoms with Crippen molar-refractivity contribution in [3.05, 3.63) is 46.1 Å². The van der Waals surface area contributed by atoms with Gasteiger partial charge in [0.15, 0.2) is 0 Å². The number of hydrogen-bond donors (Lipinski definition) is 1. The molecule has 1 N–H and O–H groups in total. The van der Waals surface area contributed by atoms with Crippen molar-refractivity contribution in [2.45, 2.75) is 18.9 Å². The molecule has 0 fully saturated rings. The number of benzene rings is 1. The maximum absolute atomic E-state index is 12.1. The molecule has 1 aromatic carbocycles. The third-order valence-corrected chi connectivity index (χ3v) is 3.73. The van der Waals surface area contributed by atoms with Gasteiger partial charge in [0.2, 0.25) is 0 Å². The number of aromatic nitrogens is 1. The average molecular weight is 306 g/mol. The largest absolute Gasteiger partial charge is 0.461 e. The average Bonchev–Trinajstić information content (AvgIpc) is 2.81. The first-order valence-electron chi connectivity index (χ1n) is 6.91. The summed E-state index contributed by atoms with van der Waals surface area (Å²) in [5.41, 5.74) is -0.659. The highest BCUT2D eigenvalue weighted by Crippen LogP contribution is 2.26. The number of carbonyl (C=O) groups excluding carboxylic acids is 1. The number of esters is 1. The Morgan fingerprint density at radius 1 is 1.45 bits per heavy atom. The van der Waals surface area contributed by atoms with E-state index in [9.17, 15) is 20.0 Å². The summed E-state index contributed by atoms with van der Waals surface area (Å²) in [6.07, 6.45) is 1.51. The lowest BCUT2D eigenvalue weighted by atomic mass is 9.92. The molecule has 1 unspecified atom stereocenters. The summed E-state index contributed by atoms with van der Waals surface area (Å²) in [6, 6.07) is 7.40. The monoisotopic (exact) mass is 306 g/mol. The normalized spacial score (nSPS) is 13.8. The van der Waals surface area contributed by atoms with Crippen molar-refractivity contribution in [2.24, 2.45) is 7.05 Å². The maximum atomic E-state index is 12.1. The molecule has 2 aromatic rings. The molecule has 1 aromatic heterocycles. The SMILES string of the molecule is CCOC(=O)C(CO)(Cc1cn(C)c2ccccc12)[N+](=O)[O-]. The maximum Gasteiger partial charge on any atom is 0.387 e. The standard InChI is InChI=1S/C15H18N2O5/c1-3-22-14(19)15(10-18,17(20)21)8-11-9-16(2)13-7-5-4-6-12(11)13/h4-7,9,18H,3,8,10H2,1-2H3. The lowest BCUT2D eigenvalue weighted by molar-refractivity contribution is -0.558. The van der Waals surface area contributed by atoms with E-state index in [1.165, 1.54) is 0 Å². The summed E-state index contributed by atoms with van der Waals surface area (Å²) in [5.74, 6) is -1.02. The van der Waals surface area contributed by atoms with Gasteiger partial charge in [-0.1, -0.05) is 18.2 Å². The Kier molecular flexibility index (Phi) is 4.46. The van der Waals surface area contributed by atoms with Crippen LogP contribution in [0.1, 0.15) is 12.5 Å². The minimum Gasteiger partial charge on any atom is -0.461 e. The van der Waals surface area contributed by atoms with Gasteiger partial charge in [-0.05, 0) is 18.6 Å². The van der Waals surface area contributed by atoms with E-state index < -0.39 is 23.0 Å². The van der Waals surface area contributed by atoms with E-state index in [1.54, 1.807) is 13.1 Å². The molecule has 0 aliphatic heterocycles. The third-order valence-electron chi connectivity index (χ3n) is 3.73. The highest BCUT2D eigenvalue weighted by atomic mass is 16.6. The van der Waals surface area contributed by atoms with Crippen molar-refractivity contribution in [1.82, 2.24) is 4.57 Å². The smallest absolute Gasteiger partial charge is 0.387 e. The second-order valence-corrected chi connectivity index (χ2v) is 5.13. The van der Waals surface area contributed by atoms with E-state index in [4.69, 9.17) is 4.74 Å². The molecular formula is C15H18N2O5. The first-order valence-corrected chi connectivity index (χ1v) is 6.91. The Hall–Kier alpha value is -2.41. The van der Waals surface area contributed by atoms with Crippen LogP contribution >= 0.6 is 0 Å². The van der Waals surface area contributed by atoms with E-state index in [0.717, 1.165) is 10.9 Å². The molecule has 7 nitrogen and oxygen atoms in total. The molecule has 0 radical (unpaired) electrons. The van der Waals surface area contributed by atoms with Crippen LogP contribution < -0.4 is 0 Å². The first-order chi connectivity index (χ1) is 10.5. The highest BCUT2D eigenvalue weighted by Gasteiger charge is 2.52. The minimum absolute atomic E-state index is 0.0178. The topological polar surface area (TPSA) is 94.6 Å². The summed E-state index contributed by atoms with van der Waals surface area (Å²) < 4.78 is 6.63. The van der Waals surface area contributed by atoms with Crippen molar-refractivity contribution in [2.75, 3.05) is 13.2 Å². The number of nitrogens with zero attached hydrogens (tertiary/aromatic N) is 2. The van der Waals surface area contributed by atoms with Crippen LogP contribution in [0.25, 0.3) is 10.9 Å². The quantitative estimate of drug-likeness (QED) is 0.493. The van der Waals surface area contributed by atoms with E-state index in [2.05, 4.69) is 0 Å². The first kappa shape index (κ1) is 16.0. The van der Waals surface area contributed by atoms with Crippen molar-refractivity contribution in [3.63, 3.8) is 0 Å². The fraction of sp³-hybridized carbons (Fsp3) is 0.400. The lowest BCUT2D eigenvalue weighted by Crippen LogP contribution is -2.52. The van der Waals surface area contributed by atoms with Crippen molar-refractivity contribution in [1.29, 1.82) is 0 Å². The Morgan fingerprint density at radius 3 is 2.73 bits per heavy atom. The summed E-state index contributed by atoms with van der Waals surface area (Å²) in [6.45, 7) is 0.671. The molecule has 0 saturated heterocycles. The van der Waals surface area contributed by atoms with Gasteiger partial charge in [0, 0.05) is 29.1 Å². The Bertz CT molecular complexity index is 709. The van der Waals surface area contributed by atoms with E-state index in [0.29, 0.717) is 5.56 Å². The molecule has 0 spiro atoms. The van der Waals surface area contributed by atoms with Gasteiger partial charge in [-0.2, -0.15) is 0 Å². The molecule has 22 heavy (non-hydrogen) atoms. The molecule has 0 aliphatic carbocycles. The highest BCUT2D eigenvalue weighted by molar-refractivity contribution is 5.86. The van der Waals surface area contributed by atoms with Crippen LogP contribution in [0.4, 0.5) is 0 Å². The fourth-order valence-corrected chi connectivity index (χ4v) is 2.54. The number of nitro groups is 1. The van der Waals surface area contributed by atoms with Gasteiger partial charge in [0.1, 0.15) is 6.61 Å². The van der Waals surface area contributed by atoms with Gasteiger partial charge in [0.25, 0.3) is 0 Å². The van der Waals surface area contributed by atoms with Crippen molar-refractivity contribution < 1.29 is 19.6 Å². The molecule has 2 rings (SSSR count). The molecule has 0 aliphatic rings. The van der Waals surface area contributed by atoms with Crippen LogP contribution in [-0.2, 0) is 23.0 Å². The van der Waals surface area contributed by atoms with Gasteiger partial charge in [-0.25, -0.2) is 4.79 Å². The summed E-state index contributed by atoms with van der Waals surface area (Å²) >= 11 is 0. The van der Waals surface area contributed by atoms with E-state index in [1.807, 2.05) is 35.9 Å². The Balaban J connectivity index is 2.50. The third kappa shape index (κ3) is 2.55. The number of rotatable bonds is 6. The summed E-state index contributed by atoms with van der Waals surface area (Å²) in [7, 11) is 1.82. The lowest BCUT2D eigenvalue weighted by Gasteiger charge is -2.20. The van der Waals surface area contributed by atoms with Crippen molar-refractivity contribution in [3.8, 4) is 0 Å². The predicted octanol–water partition coefficient (Wildman–Crippen LogP) is 1.29. The van der Waals surface area contributed by atoms with Crippen LogP contribution in [0.15, 0.2) is 30.5 Å². The minimum atomic E-state index is -2.18. The van der Waals surface area contributed by atoms with Crippen LogP contribution in [-0.4, -0.2) is 39.3 Å². The van der Waals surface area contributed by atoms with Crippen LogP contribution in [0, 0.1) is 10.1 Å². The van der Waals surface area contributed by atoms with Gasteiger partial charge >= 0.3 is 11.5 Å². The Labute approximate surface area is 127 Å². The number of carbonyl (C=O) groups is 1. The predicted molar refractivity (Wildman–Crippen MR) is 80.1 cm³/mol. The number of para-hydroxylation sites is 1.